The average molecular weight is 459 g/mol. The van der Waals surface area contributed by atoms with E-state index < -0.39 is 5.91 Å². The van der Waals surface area contributed by atoms with Gasteiger partial charge in [0.05, 0.1) is 18.8 Å². The predicted octanol–water partition coefficient (Wildman–Crippen LogP) is 5.12. The van der Waals surface area contributed by atoms with Crippen molar-refractivity contribution < 1.29 is 19.1 Å². The maximum absolute atomic E-state index is 12.7. The Labute approximate surface area is 194 Å². The van der Waals surface area contributed by atoms with E-state index >= 15 is 0 Å². The van der Waals surface area contributed by atoms with Gasteiger partial charge in [-0.2, -0.15) is 0 Å². The van der Waals surface area contributed by atoms with Crippen LogP contribution in [0.2, 0.25) is 0 Å². The Morgan fingerprint density at radius 3 is 2.75 bits per heavy atom. The van der Waals surface area contributed by atoms with E-state index in [0.717, 1.165) is 49.0 Å². The Balaban J connectivity index is 1.65. The molecule has 3 rings (SSSR count). The number of anilines is 1. The lowest BCUT2D eigenvalue weighted by Gasteiger charge is -2.18. The molecular formula is C25H34N2O4S. The molecule has 1 heterocycles. The van der Waals surface area contributed by atoms with Crippen molar-refractivity contribution in [1.29, 1.82) is 0 Å². The standard InChI is InChI=1S/C25H34N2O4S/c1-4-6-13-31-19-11-8-17(15-20(19)30-5-2)9-12-22(28)27-25-23(24(26)29)18-10-7-16(3)14-21(18)32-25/h8,11,15-16H,4-7,9-10,12-14H2,1-3H3,(H2,26,29)(H,27,28). The van der Waals surface area contributed by atoms with E-state index in [0.29, 0.717) is 48.3 Å². The molecule has 174 valence electrons. The summed E-state index contributed by atoms with van der Waals surface area (Å²) in [7, 11) is 0. The van der Waals surface area contributed by atoms with E-state index in [1.54, 1.807) is 0 Å². The van der Waals surface area contributed by atoms with Crippen LogP contribution in [0.4, 0.5) is 5.00 Å². The Morgan fingerprint density at radius 2 is 2.03 bits per heavy atom. The molecule has 0 radical (unpaired) electrons. The van der Waals surface area contributed by atoms with Gasteiger partial charge in [0.1, 0.15) is 5.00 Å². The van der Waals surface area contributed by atoms with E-state index in [9.17, 15) is 9.59 Å². The number of fused-ring (bicyclic) bond motifs is 1. The van der Waals surface area contributed by atoms with E-state index in [1.807, 2.05) is 25.1 Å². The number of unbranched alkanes of at least 4 members (excludes halogenated alkanes) is 1. The molecular weight excluding hydrogens is 424 g/mol. The van der Waals surface area contributed by atoms with Crippen molar-refractivity contribution >= 4 is 28.2 Å². The van der Waals surface area contributed by atoms with Crippen LogP contribution >= 0.6 is 11.3 Å². The van der Waals surface area contributed by atoms with Gasteiger partial charge in [0, 0.05) is 11.3 Å². The van der Waals surface area contributed by atoms with Gasteiger partial charge in [0.25, 0.3) is 5.91 Å². The quantitative estimate of drug-likeness (QED) is 0.457. The highest BCUT2D eigenvalue weighted by molar-refractivity contribution is 7.17. The van der Waals surface area contributed by atoms with Crippen LogP contribution in [0.25, 0.3) is 0 Å². The zero-order chi connectivity index (χ0) is 23.1. The minimum atomic E-state index is -0.465. The Hall–Kier alpha value is -2.54. The van der Waals surface area contributed by atoms with Gasteiger partial charge in [0.15, 0.2) is 11.5 Å². The lowest BCUT2D eigenvalue weighted by molar-refractivity contribution is -0.116. The Bertz CT molecular complexity index is 954. The van der Waals surface area contributed by atoms with Gasteiger partial charge in [-0.05, 0) is 68.2 Å². The van der Waals surface area contributed by atoms with Crippen LogP contribution in [0.3, 0.4) is 0 Å². The molecule has 0 saturated heterocycles. The molecule has 7 heteroatoms. The summed E-state index contributed by atoms with van der Waals surface area (Å²) < 4.78 is 11.6. The fourth-order valence-electron chi connectivity index (χ4n) is 3.97. The summed E-state index contributed by atoms with van der Waals surface area (Å²) in [6, 6.07) is 5.82. The normalized spacial score (nSPS) is 15.2. The van der Waals surface area contributed by atoms with E-state index in [-0.39, 0.29) is 5.91 Å². The average Bonchev–Trinajstić information content (AvgIpc) is 3.10. The second-order valence-electron chi connectivity index (χ2n) is 8.38. The highest BCUT2D eigenvalue weighted by Gasteiger charge is 2.27. The van der Waals surface area contributed by atoms with Crippen molar-refractivity contribution in [2.24, 2.45) is 11.7 Å². The summed E-state index contributed by atoms with van der Waals surface area (Å²) in [5, 5.41) is 3.54. The minimum absolute atomic E-state index is 0.125. The third-order valence-corrected chi connectivity index (χ3v) is 6.88. The fourth-order valence-corrected chi connectivity index (χ4v) is 5.40. The highest BCUT2D eigenvalue weighted by Crippen LogP contribution is 2.39. The van der Waals surface area contributed by atoms with Crippen LogP contribution < -0.4 is 20.5 Å². The molecule has 0 saturated carbocycles. The number of primary amides is 1. The maximum atomic E-state index is 12.7. The number of rotatable bonds is 11. The van der Waals surface area contributed by atoms with Gasteiger partial charge in [-0.3, -0.25) is 9.59 Å². The summed E-state index contributed by atoms with van der Waals surface area (Å²) in [6.07, 6.45) is 5.75. The van der Waals surface area contributed by atoms with Gasteiger partial charge in [-0.25, -0.2) is 0 Å². The van der Waals surface area contributed by atoms with Crippen molar-refractivity contribution in [1.82, 2.24) is 0 Å². The summed E-state index contributed by atoms with van der Waals surface area (Å²) in [6.45, 7) is 7.48. The van der Waals surface area contributed by atoms with E-state index in [4.69, 9.17) is 15.2 Å². The molecule has 32 heavy (non-hydrogen) atoms. The van der Waals surface area contributed by atoms with Gasteiger partial charge >= 0.3 is 0 Å². The smallest absolute Gasteiger partial charge is 0.251 e. The van der Waals surface area contributed by atoms with Gasteiger partial charge < -0.3 is 20.5 Å². The second kappa shape index (κ2) is 11.4. The molecule has 6 nitrogen and oxygen atoms in total. The monoisotopic (exact) mass is 458 g/mol. The van der Waals surface area contributed by atoms with Crippen LogP contribution in [-0.4, -0.2) is 25.0 Å². The predicted molar refractivity (Wildman–Crippen MR) is 129 cm³/mol. The number of carbonyl (C=O) groups is 2. The molecule has 2 amide bonds. The molecule has 0 spiro atoms. The summed E-state index contributed by atoms with van der Waals surface area (Å²) in [5.41, 5.74) is 8.17. The number of hydrogen-bond acceptors (Lipinski definition) is 5. The third-order valence-electron chi connectivity index (χ3n) is 5.72. The summed E-state index contributed by atoms with van der Waals surface area (Å²) in [5.74, 6) is 1.43. The van der Waals surface area contributed by atoms with Crippen molar-refractivity contribution in [2.75, 3.05) is 18.5 Å². The lowest BCUT2D eigenvalue weighted by atomic mass is 9.88. The minimum Gasteiger partial charge on any atom is -0.490 e. The molecule has 0 bridgehead atoms. The largest absolute Gasteiger partial charge is 0.490 e. The topological polar surface area (TPSA) is 90.6 Å². The molecule has 0 fully saturated rings. The Kier molecular flexibility index (Phi) is 8.56. The molecule has 0 aliphatic heterocycles. The number of amides is 2. The molecule has 1 aromatic heterocycles. The molecule has 1 aromatic carbocycles. The summed E-state index contributed by atoms with van der Waals surface area (Å²) in [4.78, 5) is 25.9. The van der Waals surface area contributed by atoms with Crippen molar-refractivity contribution in [3.8, 4) is 11.5 Å². The van der Waals surface area contributed by atoms with Gasteiger partial charge in [-0.15, -0.1) is 11.3 Å². The molecule has 1 atom stereocenters. The van der Waals surface area contributed by atoms with Crippen LogP contribution in [0.5, 0.6) is 11.5 Å². The zero-order valence-corrected chi connectivity index (χ0v) is 20.1. The number of ether oxygens (including phenoxy) is 2. The van der Waals surface area contributed by atoms with Gasteiger partial charge in [-0.1, -0.05) is 26.3 Å². The zero-order valence-electron chi connectivity index (χ0n) is 19.3. The number of aryl methyl sites for hydroxylation is 1. The van der Waals surface area contributed by atoms with Crippen molar-refractivity contribution in [3.63, 3.8) is 0 Å². The van der Waals surface area contributed by atoms with E-state index in [1.165, 1.54) is 16.2 Å². The number of hydrogen-bond donors (Lipinski definition) is 2. The first-order chi connectivity index (χ1) is 15.4. The SMILES string of the molecule is CCCCOc1ccc(CCC(=O)Nc2sc3c(c2C(N)=O)CCC(C)C3)cc1OCC. The van der Waals surface area contributed by atoms with Crippen molar-refractivity contribution in [3.05, 3.63) is 39.8 Å². The number of benzene rings is 1. The first-order valence-corrected chi connectivity index (χ1v) is 12.4. The summed E-state index contributed by atoms with van der Waals surface area (Å²) >= 11 is 1.50. The number of nitrogens with two attached hydrogens (primary N) is 1. The molecule has 1 aliphatic carbocycles. The number of nitrogens with one attached hydrogen (secondary N) is 1. The van der Waals surface area contributed by atoms with Crippen LogP contribution in [-0.2, 0) is 24.1 Å². The second-order valence-corrected chi connectivity index (χ2v) is 9.49. The third kappa shape index (κ3) is 6.03. The highest BCUT2D eigenvalue weighted by atomic mass is 32.1. The fraction of sp³-hybridized carbons (Fsp3) is 0.520. The van der Waals surface area contributed by atoms with E-state index in [2.05, 4.69) is 19.2 Å². The molecule has 1 unspecified atom stereocenters. The first kappa shape index (κ1) is 24.1. The van der Waals surface area contributed by atoms with Crippen LogP contribution in [0, 0.1) is 5.92 Å². The first-order valence-electron chi connectivity index (χ1n) is 11.6. The van der Waals surface area contributed by atoms with Gasteiger partial charge in [0.2, 0.25) is 5.91 Å². The van der Waals surface area contributed by atoms with Crippen molar-refractivity contribution in [2.45, 2.75) is 65.7 Å². The lowest BCUT2D eigenvalue weighted by Crippen LogP contribution is -2.19. The van der Waals surface area contributed by atoms with Crippen LogP contribution in [0.1, 0.15) is 72.8 Å². The van der Waals surface area contributed by atoms with Crippen LogP contribution in [0.15, 0.2) is 18.2 Å². The molecule has 1 aliphatic rings. The Morgan fingerprint density at radius 1 is 1.22 bits per heavy atom. The molecule has 3 N–H and O–H groups in total. The molecule has 2 aromatic rings. The number of thiophene rings is 1. The number of carbonyl (C=O) groups excluding carboxylic acids is 2. The maximum Gasteiger partial charge on any atom is 0.251 e.